The first-order valence-corrected chi connectivity index (χ1v) is 6.26. The van der Waals surface area contributed by atoms with Gasteiger partial charge in [-0.05, 0) is 12.1 Å². The summed E-state index contributed by atoms with van der Waals surface area (Å²) in [6.45, 7) is 0.463. The molecule has 0 aliphatic heterocycles. The summed E-state index contributed by atoms with van der Waals surface area (Å²) in [5.41, 5.74) is 6.82. The fraction of sp³-hybridized carbons (Fsp3) is 0.308. The topological polar surface area (TPSA) is 94.9 Å². The highest BCUT2D eigenvalue weighted by Gasteiger charge is 2.05. The Morgan fingerprint density at radius 1 is 1.40 bits per heavy atom. The number of amides is 1. The molecule has 2 rings (SSSR count). The molecule has 2 aromatic rings. The fourth-order valence-electron chi connectivity index (χ4n) is 1.86. The molecule has 0 unspecified atom stereocenters. The molecule has 7 nitrogen and oxygen atoms in total. The number of rotatable bonds is 5. The van der Waals surface area contributed by atoms with E-state index in [-0.39, 0.29) is 18.0 Å². The molecule has 106 valence electrons. The smallest absolute Gasteiger partial charge is 0.251 e. The highest BCUT2D eigenvalue weighted by Crippen LogP contribution is 1.97. The third-order valence-electron chi connectivity index (χ3n) is 2.95. The number of nitrogens with two attached hydrogens (primary N) is 1. The number of nitrogens with one attached hydrogen (secondary N) is 1. The van der Waals surface area contributed by atoms with Crippen LogP contribution in [0.25, 0.3) is 0 Å². The van der Waals surface area contributed by atoms with Gasteiger partial charge in [0.2, 0.25) is 5.91 Å². The van der Waals surface area contributed by atoms with E-state index in [1.165, 1.54) is 22.9 Å². The van der Waals surface area contributed by atoms with Crippen LogP contribution < -0.4 is 16.6 Å². The van der Waals surface area contributed by atoms with Gasteiger partial charge in [-0.3, -0.25) is 14.3 Å². The zero-order valence-electron chi connectivity index (χ0n) is 11.2. The maximum absolute atomic E-state index is 11.8. The van der Waals surface area contributed by atoms with Crippen molar-refractivity contribution < 1.29 is 4.79 Å². The Morgan fingerprint density at radius 2 is 2.20 bits per heavy atom. The molecule has 3 N–H and O–H groups in total. The maximum Gasteiger partial charge on any atom is 0.251 e. The van der Waals surface area contributed by atoms with Crippen LogP contribution in [0.15, 0.2) is 35.4 Å². The minimum atomic E-state index is -0.249. The van der Waals surface area contributed by atoms with Crippen LogP contribution in [0.5, 0.6) is 0 Å². The number of carbonyl (C=O) groups excluding carboxylic acids is 1. The van der Waals surface area contributed by atoms with Crippen molar-refractivity contribution in [3.8, 4) is 0 Å². The van der Waals surface area contributed by atoms with Crippen LogP contribution in [-0.4, -0.2) is 26.8 Å². The van der Waals surface area contributed by atoms with E-state index < -0.39 is 0 Å². The molecule has 0 saturated carbocycles. The molecule has 1 amide bonds. The highest BCUT2D eigenvalue weighted by atomic mass is 16.2. The maximum atomic E-state index is 11.8. The molecule has 0 aliphatic rings. The number of anilines is 1. The largest absolute Gasteiger partial charge is 0.398 e. The van der Waals surface area contributed by atoms with Gasteiger partial charge in [-0.2, -0.15) is 5.10 Å². The molecule has 0 aromatic carbocycles. The summed E-state index contributed by atoms with van der Waals surface area (Å²) in [5.74, 6) is -0.222. The van der Waals surface area contributed by atoms with Crippen molar-refractivity contribution in [2.45, 2.75) is 13.0 Å². The van der Waals surface area contributed by atoms with Gasteiger partial charge < -0.3 is 15.6 Å². The molecular weight excluding hydrogens is 258 g/mol. The van der Waals surface area contributed by atoms with Gasteiger partial charge in [0, 0.05) is 49.9 Å². The fourth-order valence-corrected chi connectivity index (χ4v) is 1.86. The number of carbonyl (C=O) groups is 1. The standard InChI is InChI=1S/C13H17N5O2/c1-17-11(5-7-16-17)4-6-15-12(19)9-18-8-10(14)2-3-13(18)20/h2-3,5,7-8H,4,6,9,14H2,1H3,(H,15,19). The van der Waals surface area contributed by atoms with Gasteiger partial charge in [0.15, 0.2) is 0 Å². The van der Waals surface area contributed by atoms with Crippen molar-refractivity contribution >= 4 is 11.6 Å². The molecule has 0 aliphatic carbocycles. The molecule has 2 heterocycles. The second kappa shape index (κ2) is 6.05. The minimum Gasteiger partial charge on any atom is -0.398 e. The number of pyridine rings is 1. The number of hydrogen-bond acceptors (Lipinski definition) is 4. The molecule has 0 atom stereocenters. The van der Waals surface area contributed by atoms with Crippen molar-refractivity contribution in [1.29, 1.82) is 0 Å². The van der Waals surface area contributed by atoms with E-state index in [9.17, 15) is 9.59 Å². The van der Waals surface area contributed by atoms with E-state index in [1.54, 1.807) is 10.9 Å². The van der Waals surface area contributed by atoms with Crippen molar-refractivity contribution in [2.24, 2.45) is 7.05 Å². The van der Waals surface area contributed by atoms with Gasteiger partial charge in [0.1, 0.15) is 6.54 Å². The monoisotopic (exact) mass is 275 g/mol. The quantitative estimate of drug-likeness (QED) is 0.770. The molecule has 2 aromatic heterocycles. The lowest BCUT2D eigenvalue weighted by Gasteiger charge is -2.08. The highest BCUT2D eigenvalue weighted by molar-refractivity contribution is 5.75. The summed E-state index contributed by atoms with van der Waals surface area (Å²) < 4.78 is 3.04. The van der Waals surface area contributed by atoms with E-state index in [0.29, 0.717) is 18.7 Å². The average Bonchev–Trinajstić information content (AvgIpc) is 2.80. The Balaban J connectivity index is 1.85. The molecule has 0 bridgehead atoms. The molecule has 0 spiro atoms. The van der Waals surface area contributed by atoms with Crippen LogP contribution in [0, 0.1) is 0 Å². The van der Waals surface area contributed by atoms with E-state index in [1.807, 2.05) is 13.1 Å². The second-order valence-electron chi connectivity index (χ2n) is 4.47. The first-order chi connectivity index (χ1) is 9.56. The van der Waals surface area contributed by atoms with Crippen LogP contribution in [0.4, 0.5) is 5.69 Å². The summed E-state index contributed by atoms with van der Waals surface area (Å²) in [6.07, 6.45) is 3.86. The van der Waals surface area contributed by atoms with Gasteiger partial charge in [-0.15, -0.1) is 0 Å². The summed E-state index contributed by atoms with van der Waals surface area (Å²) in [7, 11) is 1.85. The van der Waals surface area contributed by atoms with E-state index >= 15 is 0 Å². The van der Waals surface area contributed by atoms with Gasteiger partial charge in [-0.1, -0.05) is 0 Å². The van der Waals surface area contributed by atoms with E-state index in [0.717, 1.165) is 5.69 Å². The SMILES string of the molecule is Cn1nccc1CCNC(=O)Cn1cc(N)ccc1=O. The van der Waals surface area contributed by atoms with Crippen LogP contribution in [-0.2, 0) is 24.8 Å². The number of nitrogens with zero attached hydrogens (tertiary/aromatic N) is 3. The Bertz CT molecular complexity index is 659. The second-order valence-corrected chi connectivity index (χ2v) is 4.47. The zero-order valence-corrected chi connectivity index (χ0v) is 11.2. The summed E-state index contributed by atoms with van der Waals surface area (Å²) in [4.78, 5) is 23.3. The van der Waals surface area contributed by atoms with Gasteiger partial charge >= 0.3 is 0 Å². The summed E-state index contributed by atoms with van der Waals surface area (Å²) >= 11 is 0. The third kappa shape index (κ3) is 3.47. The Hall–Kier alpha value is -2.57. The first kappa shape index (κ1) is 13.9. The van der Waals surface area contributed by atoms with Gasteiger partial charge in [0.05, 0.1) is 0 Å². The van der Waals surface area contributed by atoms with Crippen LogP contribution in [0.2, 0.25) is 0 Å². The molecule has 0 fully saturated rings. The lowest BCUT2D eigenvalue weighted by atomic mass is 10.3. The Morgan fingerprint density at radius 3 is 2.90 bits per heavy atom. The summed E-state index contributed by atoms with van der Waals surface area (Å²) in [5, 5.41) is 6.81. The van der Waals surface area contributed by atoms with E-state index in [4.69, 9.17) is 5.73 Å². The minimum absolute atomic E-state index is 0.0325. The van der Waals surface area contributed by atoms with Crippen molar-refractivity contribution in [2.75, 3.05) is 12.3 Å². The Labute approximate surface area is 116 Å². The lowest BCUT2D eigenvalue weighted by Crippen LogP contribution is -2.33. The average molecular weight is 275 g/mol. The molecular formula is C13H17N5O2. The molecule has 0 saturated heterocycles. The molecule has 7 heteroatoms. The lowest BCUT2D eigenvalue weighted by molar-refractivity contribution is -0.121. The first-order valence-electron chi connectivity index (χ1n) is 6.26. The predicted molar refractivity (Wildman–Crippen MR) is 75.0 cm³/mol. The van der Waals surface area contributed by atoms with Gasteiger partial charge in [-0.25, -0.2) is 0 Å². The number of hydrogen-bond donors (Lipinski definition) is 2. The van der Waals surface area contributed by atoms with Crippen molar-refractivity contribution in [3.05, 3.63) is 46.6 Å². The molecule has 20 heavy (non-hydrogen) atoms. The number of nitrogen functional groups attached to an aromatic ring is 1. The predicted octanol–water partition coefficient (Wildman–Crippen LogP) is -0.477. The normalized spacial score (nSPS) is 10.4. The molecule has 0 radical (unpaired) electrons. The van der Waals surface area contributed by atoms with Crippen molar-refractivity contribution in [1.82, 2.24) is 19.7 Å². The number of aromatic nitrogens is 3. The third-order valence-corrected chi connectivity index (χ3v) is 2.95. The van der Waals surface area contributed by atoms with E-state index in [2.05, 4.69) is 10.4 Å². The van der Waals surface area contributed by atoms with Crippen LogP contribution in [0.3, 0.4) is 0 Å². The van der Waals surface area contributed by atoms with Crippen LogP contribution in [0.1, 0.15) is 5.69 Å². The zero-order chi connectivity index (χ0) is 14.5. The summed E-state index contributed by atoms with van der Waals surface area (Å²) in [6, 6.07) is 4.76. The van der Waals surface area contributed by atoms with Crippen molar-refractivity contribution in [3.63, 3.8) is 0 Å². The van der Waals surface area contributed by atoms with Crippen LogP contribution >= 0.6 is 0 Å². The Kier molecular flexibility index (Phi) is 4.19. The number of aryl methyl sites for hydroxylation is 1. The van der Waals surface area contributed by atoms with Gasteiger partial charge in [0.25, 0.3) is 5.56 Å².